The van der Waals surface area contributed by atoms with Crippen LogP contribution in [0.5, 0.6) is 11.5 Å². The molecule has 1 heterocycles. The number of fused-ring (bicyclic) bond motifs is 1. The van der Waals surface area contributed by atoms with E-state index >= 15 is 0 Å². The van der Waals surface area contributed by atoms with Gasteiger partial charge in [-0.15, -0.1) is 0 Å². The van der Waals surface area contributed by atoms with Crippen LogP contribution in [0.3, 0.4) is 0 Å². The summed E-state index contributed by atoms with van der Waals surface area (Å²) in [7, 11) is -1.45. The number of benzene rings is 3. The van der Waals surface area contributed by atoms with Gasteiger partial charge in [0.15, 0.2) is 0 Å². The second-order valence-electron chi connectivity index (χ2n) is 6.61. The van der Waals surface area contributed by atoms with Crippen LogP contribution in [0.4, 0.5) is 5.69 Å². The van der Waals surface area contributed by atoms with Crippen molar-refractivity contribution in [3.63, 3.8) is 0 Å². The van der Waals surface area contributed by atoms with E-state index in [1.807, 2.05) is 30.3 Å². The Morgan fingerprint density at radius 3 is 2.55 bits per heavy atom. The van der Waals surface area contributed by atoms with Gasteiger partial charge in [0.2, 0.25) is 0 Å². The molecule has 0 radical (unpaired) electrons. The van der Waals surface area contributed by atoms with E-state index in [0.29, 0.717) is 12.3 Å². The zero-order valence-corrected chi connectivity index (χ0v) is 18.0. The molecular formula is C21H18BrN2O4P. The Morgan fingerprint density at radius 1 is 1.14 bits per heavy atom. The fraction of sp³-hybridized carbons (Fsp3) is 0.143. The third kappa shape index (κ3) is 4.42. The lowest BCUT2D eigenvalue weighted by Gasteiger charge is -2.38. The lowest BCUT2D eigenvalue weighted by molar-refractivity contribution is -0.384. The van der Waals surface area contributed by atoms with Gasteiger partial charge in [-0.2, -0.15) is 0 Å². The maximum Gasteiger partial charge on any atom is 0.385 e. The van der Waals surface area contributed by atoms with E-state index < -0.39 is 13.4 Å². The fourth-order valence-corrected chi connectivity index (χ4v) is 5.09. The number of nitro groups is 1. The van der Waals surface area contributed by atoms with Gasteiger partial charge >= 0.3 is 8.53 Å². The van der Waals surface area contributed by atoms with Gasteiger partial charge in [-0.3, -0.25) is 10.1 Å². The Hall–Kier alpha value is -2.47. The van der Waals surface area contributed by atoms with Crippen LogP contribution in [0.2, 0.25) is 0 Å². The van der Waals surface area contributed by atoms with Crippen molar-refractivity contribution in [2.45, 2.75) is 19.5 Å². The van der Waals surface area contributed by atoms with Crippen LogP contribution in [0.15, 0.2) is 77.3 Å². The van der Waals surface area contributed by atoms with Gasteiger partial charge in [0.05, 0.1) is 4.92 Å². The standard InChI is InChI=1S/C21H18BrN2O4P/c1-15(16-5-3-2-4-6-16)23-14-17-13-18(22)7-12-21(17)28-29(23)27-20-10-8-19(9-11-20)24(25)26/h2-13,15H,14H2,1H3. The third-order valence-electron chi connectivity index (χ3n) is 4.70. The van der Waals surface area contributed by atoms with E-state index in [1.165, 1.54) is 12.1 Å². The van der Waals surface area contributed by atoms with E-state index in [2.05, 4.69) is 45.7 Å². The molecule has 1 aliphatic rings. The minimum Gasteiger partial charge on any atom is -0.427 e. The quantitative estimate of drug-likeness (QED) is 0.237. The molecule has 3 aromatic rings. The monoisotopic (exact) mass is 472 g/mol. The van der Waals surface area contributed by atoms with Crippen LogP contribution in [0, 0.1) is 10.1 Å². The minimum atomic E-state index is -1.45. The molecule has 0 aromatic heterocycles. The summed E-state index contributed by atoms with van der Waals surface area (Å²) in [4.78, 5) is 10.5. The highest BCUT2D eigenvalue weighted by Gasteiger charge is 2.35. The largest absolute Gasteiger partial charge is 0.427 e. The van der Waals surface area contributed by atoms with Gasteiger partial charge < -0.3 is 9.05 Å². The first kappa shape index (κ1) is 19.8. The molecule has 0 aliphatic carbocycles. The van der Waals surface area contributed by atoms with E-state index in [4.69, 9.17) is 9.05 Å². The molecular weight excluding hydrogens is 455 g/mol. The van der Waals surface area contributed by atoms with Gasteiger partial charge in [0.25, 0.3) is 5.69 Å². The van der Waals surface area contributed by atoms with Crippen molar-refractivity contribution in [3.05, 3.63) is 98.5 Å². The second-order valence-corrected chi connectivity index (χ2v) is 8.88. The molecule has 2 atom stereocenters. The van der Waals surface area contributed by atoms with Crippen molar-refractivity contribution in [2.75, 3.05) is 0 Å². The van der Waals surface area contributed by atoms with Crippen molar-refractivity contribution in [2.24, 2.45) is 0 Å². The molecule has 0 N–H and O–H groups in total. The zero-order valence-electron chi connectivity index (χ0n) is 15.6. The predicted molar refractivity (Wildman–Crippen MR) is 116 cm³/mol. The topological polar surface area (TPSA) is 64.8 Å². The smallest absolute Gasteiger partial charge is 0.385 e. The van der Waals surface area contributed by atoms with Gasteiger partial charge in [-0.25, -0.2) is 4.67 Å². The fourth-order valence-electron chi connectivity index (χ4n) is 3.10. The SMILES string of the molecule is CC(c1ccccc1)N1Cc2cc(Br)ccc2OP1Oc1ccc([N+](=O)[O-])cc1. The van der Waals surface area contributed by atoms with Crippen molar-refractivity contribution in [1.82, 2.24) is 4.67 Å². The molecule has 1 aliphatic heterocycles. The highest BCUT2D eigenvalue weighted by molar-refractivity contribution is 9.10. The highest BCUT2D eigenvalue weighted by Crippen LogP contribution is 2.53. The maximum atomic E-state index is 10.9. The predicted octanol–water partition coefficient (Wildman–Crippen LogP) is 6.62. The summed E-state index contributed by atoms with van der Waals surface area (Å²) in [6.45, 7) is 2.79. The minimum absolute atomic E-state index is 0.0272. The van der Waals surface area contributed by atoms with Crippen molar-refractivity contribution in [1.29, 1.82) is 0 Å². The summed E-state index contributed by atoms with van der Waals surface area (Å²) in [6.07, 6.45) is 0. The summed E-state index contributed by atoms with van der Waals surface area (Å²) in [5, 5.41) is 10.9. The molecule has 0 saturated carbocycles. The lowest BCUT2D eigenvalue weighted by atomic mass is 10.1. The Kier molecular flexibility index (Phi) is 5.81. The molecule has 2 unspecified atom stereocenters. The lowest BCUT2D eigenvalue weighted by Crippen LogP contribution is -2.29. The molecule has 0 bridgehead atoms. The summed E-state index contributed by atoms with van der Waals surface area (Å²) in [5.74, 6) is 1.32. The van der Waals surface area contributed by atoms with Gasteiger partial charge in [-0.1, -0.05) is 46.3 Å². The van der Waals surface area contributed by atoms with Crippen LogP contribution >= 0.6 is 24.5 Å². The van der Waals surface area contributed by atoms with E-state index in [0.717, 1.165) is 21.3 Å². The molecule has 29 heavy (non-hydrogen) atoms. The van der Waals surface area contributed by atoms with E-state index in [9.17, 15) is 10.1 Å². The van der Waals surface area contributed by atoms with Crippen LogP contribution in [0.1, 0.15) is 24.1 Å². The number of hydrogen-bond acceptors (Lipinski definition) is 5. The second kappa shape index (κ2) is 8.49. The number of nitrogens with zero attached hydrogens (tertiary/aromatic N) is 2. The first-order valence-corrected chi connectivity index (χ1v) is 10.9. The molecule has 148 valence electrons. The Balaban J connectivity index is 1.64. The number of nitro benzene ring substituents is 1. The maximum absolute atomic E-state index is 10.9. The third-order valence-corrected chi connectivity index (χ3v) is 6.82. The average molecular weight is 473 g/mol. The molecule has 0 amide bonds. The molecule has 6 nitrogen and oxygen atoms in total. The first-order chi connectivity index (χ1) is 14.0. The van der Waals surface area contributed by atoms with Gasteiger partial charge in [-0.05, 0) is 42.8 Å². The summed E-state index contributed by atoms with van der Waals surface area (Å²) >= 11 is 3.52. The van der Waals surface area contributed by atoms with Crippen LogP contribution in [0.25, 0.3) is 0 Å². The molecule has 8 heteroatoms. The Morgan fingerprint density at radius 2 is 1.86 bits per heavy atom. The normalized spacial score (nSPS) is 17.1. The summed E-state index contributed by atoms with van der Waals surface area (Å²) in [6, 6.07) is 22.3. The zero-order chi connectivity index (χ0) is 20.4. The Bertz CT molecular complexity index is 1020. The van der Waals surface area contributed by atoms with Crippen LogP contribution < -0.4 is 9.05 Å². The average Bonchev–Trinajstić information content (AvgIpc) is 2.74. The van der Waals surface area contributed by atoms with Crippen LogP contribution in [-0.4, -0.2) is 9.59 Å². The Labute approximate surface area is 178 Å². The van der Waals surface area contributed by atoms with Crippen LogP contribution in [-0.2, 0) is 6.54 Å². The first-order valence-electron chi connectivity index (χ1n) is 9.02. The molecule has 4 rings (SSSR count). The van der Waals surface area contributed by atoms with Crippen molar-refractivity contribution >= 4 is 30.1 Å². The summed E-state index contributed by atoms with van der Waals surface area (Å²) < 4.78 is 15.6. The number of hydrogen-bond donors (Lipinski definition) is 0. The molecule has 0 spiro atoms. The van der Waals surface area contributed by atoms with Crippen molar-refractivity contribution < 1.29 is 14.0 Å². The summed E-state index contributed by atoms with van der Waals surface area (Å²) in [5.41, 5.74) is 2.27. The molecule has 0 fully saturated rings. The van der Waals surface area contributed by atoms with E-state index in [1.54, 1.807) is 12.1 Å². The van der Waals surface area contributed by atoms with Gasteiger partial charge in [0, 0.05) is 34.8 Å². The molecule has 0 saturated heterocycles. The van der Waals surface area contributed by atoms with Crippen molar-refractivity contribution in [3.8, 4) is 11.5 Å². The number of non-ortho nitro benzene ring substituents is 1. The number of halogens is 1. The number of rotatable bonds is 5. The molecule has 3 aromatic carbocycles. The highest BCUT2D eigenvalue weighted by atomic mass is 79.9. The van der Waals surface area contributed by atoms with Gasteiger partial charge in [0.1, 0.15) is 11.5 Å². The van der Waals surface area contributed by atoms with E-state index in [-0.39, 0.29) is 11.7 Å².